The fraction of sp³-hybridized carbons (Fsp3) is 0.818. The normalized spacial score (nSPS) is 15.6. The Morgan fingerprint density at radius 1 is 1.00 bits per heavy atom. The molecule has 0 aliphatic carbocycles. The van der Waals surface area contributed by atoms with Crippen molar-refractivity contribution in [3.05, 3.63) is 10.4 Å². The van der Waals surface area contributed by atoms with Crippen LogP contribution < -0.4 is 0 Å². The molecule has 0 rings (SSSR count). The van der Waals surface area contributed by atoms with E-state index in [2.05, 4.69) is 41.8 Å². The fourth-order valence-electron chi connectivity index (χ4n) is 1.10. The van der Waals surface area contributed by atoms with Gasteiger partial charge in [0, 0.05) is 0 Å². The molecule has 0 aromatic heterocycles. The fourth-order valence-corrected chi connectivity index (χ4v) is 9.96. The Labute approximate surface area is 118 Å². The van der Waals surface area contributed by atoms with E-state index in [1.807, 2.05) is 19.6 Å². The molecule has 0 aromatic rings. The van der Waals surface area contributed by atoms with Gasteiger partial charge in [0.15, 0.2) is 0 Å². The van der Waals surface area contributed by atoms with Crippen molar-refractivity contribution in [2.45, 2.75) is 56.6 Å². The van der Waals surface area contributed by atoms with Gasteiger partial charge in [-0.2, -0.15) is 0 Å². The Morgan fingerprint density at radius 3 is 1.72 bits per heavy atom. The van der Waals surface area contributed by atoms with E-state index in [0.29, 0.717) is 5.50 Å². The summed E-state index contributed by atoms with van der Waals surface area (Å²) in [5.74, 6) is 6.77. The van der Waals surface area contributed by atoms with Crippen LogP contribution in [0.15, 0.2) is 10.4 Å². The average molecular weight is 368 g/mol. The Kier molecular flexibility index (Phi) is 6.55. The van der Waals surface area contributed by atoms with Gasteiger partial charge in [-0.3, -0.25) is 0 Å². The molecule has 0 fully saturated rings. The van der Waals surface area contributed by atoms with Crippen LogP contribution in [0.4, 0.5) is 0 Å². The van der Waals surface area contributed by atoms with E-state index >= 15 is 0 Å². The summed E-state index contributed by atoms with van der Waals surface area (Å²) < 4.78 is 24.0. The van der Waals surface area contributed by atoms with E-state index < -0.39 is 37.9 Å². The van der Waals surface area contributed by atoms with E-state index in [1.165, 1.54) is 0 Å². The molecule has 0 spiro atoms. The first kappa shape index (κ1) is 18.6. The summed E-state index contributed by atoms with van der Waals surface area (Å²) in [7, 11) is -5.38. The topological polar surface area (TPSA) is 35.5 Å². The van der Waals surface area contributed by atoms with E-state index in [1.54, 1.807) is 0 Å². The predicted molar refractivity (Wildman–Crippen MR) is 87.9 cm³/mol. The Morgan fingerprint density at radius 2 is 1.44 bits per heavy atom. The molecule has 1 atom stereocenters. The second-order valence-corrected chi connectivity index (χ2v) is 28.4. The van der Waals surface area contributed by atoms with Crippen molar-refractivity contribution in [2.75, 3.05) is 0 Å². The quantitative estimate of drug-likeness (QED) is 0.370. The zero-order valence-corrected chi connectivity index (χ0v) is 18.2. The van der Waals surface area contributed by atoms with Crippen LogP contribution in [-0.2, 0) is 13.2 Å². The van der Waals surface area contributed by atoms with E-state index in [9.17, 15) is 4.57 Å². The van der Waals surface area contributed by atoms with Gasteiger partial charge in [-0.15, -0.1) is 0 Å². The molecule has 1 unspecified atom stereocenters. The standard InChI is InChI=1S/C11H28GeO3PSi2/c1-12(2,3)10-11(14-17(4,5)6)16(13)15-18(7,8)9/h10H,1-9H3/q+1/b11-10+. The van der Waals surface area contributed by atoms with Crippen LogP contribution in [0, 0.1) is 0 Å². The van der Waals surface area contributed by atoms with Gasteiger partial charge in [0.05, 0.1) is 0 Å². The maximum absolute atomic E-state index is 12.3. The molecule has 0 aliphatic rings. The van der Waals surface area contributed by atoms with Crippen molar-refractivity contribution in [1.82, 2.24) is 0 Å². The molecule has 0 heterocycles. The molecule has 0 amide bonds. The first-order valence-corrected chi connectivity index (χ1v) is 21.8. The Balaban J connectivity index is 5.12. The van der Waals surface area contributed by atoms with Gasteiger partial charge in [-0.1, -0.05) is 0 Å². The first-order chi connectivity index (χ1) is 7.70. The van der Waals surface area contributed by atoms with Crippen LogP contribution in [0.1, 0.15) is 0 Å². The maximum atomic E-state index is 12.3. The molecule has 0 N–H and O–H groups in total. The minimum atomic E-state index is -1.96. The van der Waals surface area contributed by atoms with Gasteiger partial charge >= 0.3 is 118 Å². The molecule has 3 nitrogen and oxygen atoms in total. The van der Waals surface area contributed by atoms with E-state index in [-0.39, 0.29) is 0 Å². The van der Waals surface area contributed by atoms with Gasteiger partial charge in [-0.05, 0) is 0 Å². The molecule has 106 valence electrons. The van der Waals surface area contributed by atoms with Crippen molar-refractivity contribution in [3.8, 4) is 0 Å². The molecule has 18 heavy (non-hydrogen) atoms. The van der Waals surface area contributed by atoms with Gasteiger partial charge in [0.25, 0.3) is 0 Å². The summed E-state index contributed by atoms with van der Waals surface area (Å²) in [6, 6.07) is 0. The van der Waals surface area contributed by atoms with Crippen LogP contribution in [0.25, 0.3) is 0 Å². The first-order valence-electron chi connectivity index (χ1n) is 6.28. The zero-order valence-electron chi connectivity index (χ0n) is 13.2. The Hall–Kier alpha value is 0.577. The predicted octanol–water partition coefficient (Wildman–Crippen LogP) is 5.15. The summed E-state index contributed by atoms with van der Waals surface area (Å²) >= 11 is -1.96. The van der Waals surface area contributed by atoms with Crippen molar-refractivity contribution in [1.29, 1.82) is 0 Å². The monoisotopic (exact) mass is 369 g/mol. The number of hydrogen-bond donors (Lipinski definition) is 0. The number of hydrogen-bond acceptors (Lipinski definition) is 3. The van der Waals surface area contributed by atoms with Crippen molar-refractivity contribution in [3.63, 3.8) is 0 Å². The van der Waals surface area contributed by atoms with Crippen molar-refractivity contribution in [2.24, 2.45) is 0 Å². The van der Waals surface area contributed by atoms with Crippen molar-refractivity contribution >= 4 is 37.9 Å². The van der Waals surface area contributed by atoms with E-state index in [0.717, 1.165) is 0 Å². The molecule has 0 saturated carbocycles. The third-order valence-corrected chi connectivity index (χ3v) is 8.82. The van der Waals surface area contributed by atoms with Crippen LogP contribution in [0.5, 0.6) is 0 Å². The molecule has 0 aliphatic heterocycles. The molecular weight excluding hydrogens is 340 g/mol. The van der Waals surface area contributed by atoms with Crippen LogP contribution in [-0.4, -0.2) is 29.9 Å². The zero-order chi connectivity index (χ0) is 14.8. The van der Waals surface area contributed by atoms with Gasteiger partial charge in [-0.25, -0.2) is 0 Å². The Bertz CT molecular complexity index is 338. The average Bonchev–Trinajstić information content (AvgIpc) is 1.93. The van der Waals surface area contributed by atoms with E-state index in [4.69, 9.17) is 8.64 Å². The summed E-state index contributed by atoms with van der Waals surface area (Å²) in [6.45, 7) is 12.5. The van der Waals surface area contributed by atoms with Gasteiger partial charge < -0.3 is 0 Å². The molecule has 0 bridgehead atoms. The molecule has 0 radical (unpaired) electrons. The summed E-state index contributed by atoms with van der Waals surface area (Å²) in [6.07, 6.45) is 0. The molecule has 0 saturated heterocycles. The third kappa shape index (κ3) is 10.5. The van der Waals surface area contributed by atoms with Crippen LogP contribution in [0.3, 0.4) is 0 Å². The van der Waals surface area contributed by atoms with Gasteiger partial charge in [0.2, 0.25) is 0 Å². The summed E-state index contributed by atoms with van der Waals surface area (Å²) in [5.41, 5.74) is 0.610. The SMILES string of the molecule is C[Si](C)(C)O/C(=[CH]\[Ge]([CH3])([CH3])[CH3])[P+](=O)O[Si](C)(C)C. The van der Waals surface area contributed by atoms with Crippen molar-refractivity contribution < 1.29 is 13.2 Å². The minimum absolute atomic E-state index is 0.610. The molecular formula is C11H28GeO3PSi2+. The summed E-state index contributed by atoms with van der Waals surface area (Å²) in [5, 5.41) is 0. The molecule has 7 heteroatoms. The van der Waals surface area contributed by atoms with Crippen LogP contribution in [0.2, 0.25) is 56.6 Å². The molecule has 0 aromatic carbocycles. The number of rotatable bonds is 6. The van der Waals surface area contributed by atoms with Crippen LogP contribution >= 0.6 is 8.03 Å². The van der Waals surface area contributed by atoms with Gasteiger partial charge in [0.1, 0.15) is 0 Å². The second-order valence-electron chi connectivity index (χ2n) is 7.52. The third-order valence-electron chi connectivity index (χ3n) is 1.50. The summed E-state index contributed by atoms with van der Waals surface area (Å²) in [4.78, 5) is 2.12. The second kappa shape index (κ2) is 6.35.